The molecule has 0 aliphatic carbocycles. The van der Waals surface area contributed by atoms with E-state index in [2.05, 4.69) is 4.98 Å². The third kappa shape index (κ3) is 4.24. The third-order valence-electron chi connectivity index (χ3n) is 6.62. The van der Waals surface area contributed by atoms with Gasteiger partial charge in [-0.05, 0) is 31.5 Å². The number of methoxy groups -OCH3 is 1. The first-order valence-corrected chi connectivity index (χ1v) is 11.4. The number of hydrogen-bond acceptors (Lipinski definition) is 5. The summed E-state index contributed by atoms with van der Waals surface area (Å²) >= 11 is 0. The Hall–Kier alpha value is -2.87. The smallest absolute Gasteiger partial charge is 0.253 e. The Morgan fingerprint density at radius 3 is 2.69 bits per heavy atom. The predicted octanol–water partition coefficient (Wildman–Crippen LogP) is 2.22. The molecule has 0 N–H and O–H groups in total. The van der Waals surface area contributed by atoms with Crippen LogP contribution in [0.2, 0.25) is 0 Å². The van der Waals surface area contributed by atoms with E-state index in [-0.39, 0.29) is 11.8 Å². The molecule has 1 spiro atoms. The lowest BCUT2D eigenvalue weighted by Gasteiger charge is -2.46. The zero-order valence-electron chi connectivity index (χ0n) is 19.1. The normalized spacial score (nSPS) is 19.5. The van der Waals surface area contributed by atoms with Gasteiger partial charge in [0.2, 0.25) is 5.91 Å². The molecule has 1 unspecified atom stereocenters. The summed E-state index contributed by atoms with van der Waals surface area (Å²) in [5.74, 6) is 1.72. The van der Waals surface area contributed by atoms with Crippen LogP contribution in [0.3, 0.4) is 0 Å². The van der Waals surface area contributed by atoms with Crippen molar-refractivity contribution in [2.24, 2.45) is 0 Å². The number of fused-ring (bicyclic) bond motifs is 2. The van der Waals surface area contributed by atoms with Gasteiger partial charge in [0.1, 0.15) is 17.2 Å². The van der Waals surface area contributed by atoms with Gasteiger partial charge in [0, 0.05) is 51.4 Å². The first kappa shape index (κ1) is 22.3. The third-order valence-corrected chi connectivity index (χ3v) is 6.62. The van der Waals surface area contributed by atoms with Gasteiger partial charge in [0.25, 0.3) is 5.91 Å². The number of amides is 2. The number of carbonyl (C=O) groups is 2. The summed E-state index contributed by atoms with van der Waals surface area (Å²) in [5, 5.41) is 0. The first-order valence-electron chi connectivity index (χ1n) is 11.4. The van der Waals surface area contributed by atoms with Crippen molar-refractivity contribution in [3.8, 4) is 5.75 Å². The Balaban J connectivity index is 1.46. The van der Waals surface area contributed by atoms with E-state index < -0.39 is 11.7 Å². The molecular formula is C24H32N4O4. The molecule has 1 aromatic heterocycles. The molecule has 2 aliphatic heterocycles. The standard InChI is InChI=1S/C24H32N4O4/c1-4-26(5-2)22(30)20-17-28-14-11-25-23(28)24(32-20)9-12-27(13-10-24)21(29)16-18-7-6-8-19(15-18)31-3/h6-8,11,14-15,20H,4-5,9-10,12-13,16-17H2,1-3H3. The first-order chi connectivity index (χ1) is 15.5. The highest BCUT2D eigenvalue weighted by molar-refractivity contribution is 5.81. The fourth-order valence-corrected chi connectivity index (χ4v) is 4.79. The zero-order chi connectivity index (χ0) is 22.7. The van der Waals surface area contributed by atoms with Crippen molar-refractivity contribution in [1.29, 1.82) is 0 Å². The lowest BCUT2D eigenvalue weighted by Crippen LogP contribution is -2.55. The van der Waals surface area contributed by atoms with Crippen LogP contribution in [0, 0.1) is 0 Å². The van der Waals surface area contributed by atoms with Crippen LogP contribution in [-0.2, 0) is 32.9 Å². The highest BCUT2D eigenvalue weighted by Crippen LogP contribution is 2.40. The van der Waals surface area contributed by atoms with Gasteiger partial charge in [-0.1, -0.05) is 12.1 Å². The number of imidazole rings is 1. The molecule has 1 saturated heterocycles. The number of likely N-dealkylation sites (N-methyl/N-ethyl adjacent to an activating group) is 1. The summed E-state index contributed by atoms with van der Waals surface area (Å²) in [4.78, 5) is 34.2. The van der Waals surface area contributed by atoms with E-state index in [9.17, 15) is 9.59 Å². The van der Waals surface area contributed by atoms with Gasteiger partial charge in [-0.3, -0.25) is 9.59 Å². The van der Waals surface area contributed by atoms with Gasteiger partial charge in [-0.2, -0.15) is 0 Å². The molecule has 8 heteroatoms. The van der Waals surface area contributed by atoms with E-state index in [0.717, 1.165) is 17.1 Å². The molecule has 8 nitrogen and oxygen atoms in total. The van der Waals surface area contributed by atoms with Crippen molar-refractivity contribution < 1.29 is 19.1 Å². The van der Waals surface area contributed by atoms with Gasteiger partial charge in [0.05, 0.1) is 20.1 Å². The summed E-state index contributed by atoms with van der Waals surface area (Å²) in [7, 11) is 1.62. The van der Waals surface area contributed by atoms with E-state index in [1.165, 1.54) is 0 Å². The highest BCUT2D eigenvalue weighted by Gasteiger charge is 2.48. The number of nitrogens with zero attached hydrogens (tertiary/aromatic N) is 4. The number of ether oxygens (including phenoxy) is 2. The minimum absolute atomic E-state index is 0.0188. The monoisotopic (exact) mass is 440 g/mol. The average Bonchev–Trinajstić information content (AvgIpc) is 3.30. The Kier molecular flexibility index (Phi) is 6.50. The molecule has 32 heavy (non-hydrogen) atoms. The SMILES string of the molecule is CCN(CC)C(=O)C1Cn2ccnc2C2(CCN(C(=O)Cc3cccc(OC)c3)CC2)O1. The molecule has 172 valence electrons. The van der Waals surface area contributed by atoms with Crippen LogP contribution in [0.5, 0.6) is 5.75 Å². The molecule has 0 bridgehead atoms. The van der Waals surface area contributed by atoms with Gasteiger partial charge in [-0.15, -0.1) is 0 Å². The Labute approximate surface area is 189 Å². The molecule has 1 atom stereocenters. The van der Waals surface area contributed by atoms with Crippen LogP contribution in [-0.4, -0.2) is 70.6 Å². The highest BCUT2D eigenvalue weighted by atomic mass is 16.5. The van der Waals surface area contributed by atoms with Crippen molar-refractivity contribution in [2.45, 2.75) is 51.4 Å². The summed E-state index contributed by atoms with van der Waals surface area (Å²) in [5.41, 5.74) is 0.297. The van der Waals surface area contributed by atoms with Gasteiger partial charge in [-0.25, -0.2) is 4.98 Å². The summed E-state index contributed by atoms with van der Waals surface area (Å²) in [6.45, 7) is 6.90. The maximum Gasteiger partial charge on any atom is 0.253 e. The van der Waals surface area contributed by atoms with Crippen LogP contribution in [0.4, 0.5) is 0 Å². The fraction of sp³-hybridized carbons (Fsp3) is 0.542. The van der Waals surface area contributed by atoms with E-state index in [4.69, 9.17) is 9.47 Å². The topological polar surface area (TPSA) is 76.9 Å². The molecule has 4 rings (SSSR count). The van der Waals surface area contributed by atoms with Gasteiger partial charge < -0.3 is 23.8 Å². The molecular weight excluding hydrogens is 408 g/mol. The van der Waals surface area contributed by atoms with Crippen molar-refractivity contribution in [3.63, 3.8) is 0 Å². The van der Waals surface area contributed by atoms with Crippen molar-refractivity contribution in [1.82, 2.24) is 19.4 Å². The maximum atomic E-state index is 13.0. The number of hydrogen-bond donors (Lipinski definition) is 0. The van der Waals surface area contributed by atoms with E-state index in [0.29, 0.717) is 52.0 Å². The quantitative estimate of drug-likeness (QED) is 0.688. The second kappa shape index (κ2) is 9.32. The lowest BCUT2D eigenvalue weighted by atomic mass is 9.88. The predicted molar refractivity (Wildman–Crippen MR) is 119 cm³/mol. The van der Waals surface area contributed by atoms with E-state index in [1.807, 2.05) is 58.7 Å². The summed E-state index contributed by atoms with van der Waals surface area (Å²) < 4.78 is 13.8. The van der Waals surface area contributed by atoms with E-state index >= 15 is 0 Å². The lowest BCUT2D eigenvalue weighted by molar-refractivity contribution is -0.182. The largest absolute Gasteiger partial charge is 0.497 e. The molecule has 3 heterocycles. The number of likely N-dealkylation sites (tertiary alicyclic amines) is 1. The molecule has 1 fully saturated rings. The molecule has 2 aliphatic rings. The average molecular weight is 441 g/mol. The van der Waals surface area contributed by atoms with Crippen molar-refractivity contribution in [2.75, 3.05) is 33.3 Å². The van der Waals surface area contributed by atoms with Crippen molar-refractivity contribution in [3.05, 3.63) is 48.0 Å². The maximum absolute atomic E-state index is 13.0. The molecule has 2 aromatic rings. The minimum Gasteiger partial charge on any atom is -0.497 e. The Morgan fingerprint density at radius 1 is 1.25 bits per heavy atom. The minimum atomic E-state index is -0.637. The summed E-state index contributed by atoms with van der Waals surface area (Å²) in [6, 6.07) is 7.61. The Bertz CT molecular complexity index is 960. The van der Waals surface area contributed by atoms with E-state index in [1.54, 1.807) is 13.3 Å². The molecule has 1 aromatic carbocycles. The Morgan fingerprint density at radius 2 is 2.00 bits per heavy atom. The fourth-order valence-electron chi connectivity index (χ4n) is 4.79. The number of benzene rings is 1. The number of piperidine rings is 1. The van der Waals surface area contributed by atoms with Gasteiger partial charge in [0.15, 0.2) is 6.10 Å². The van der Waals surface area contributed by atoms with Crippen molar-refractivity contribution >= 4 is 11.8 Å². The van der Waals surface area contributed by atoms with Crippen LogP contribution >= 0.6 is 0 Å². The number of rotatable bonds is 6. The molecule has 0 saturated carbocycles. The van der Waals surface area contributed by atoms with Crippen LogP contribution in [0.1, 0.15) is 38.1 Å². The van der Waals surface area contributed by atoms with Gasteiger partial charge >= 0.3 is 0 Å². The molecule has 0 radical (unpaired) electrons. The second-order valence-electron chi connectivity index (χ2n) is 8.42. The van der Waals surface area contributed by atoms with Crippen LogP contribution in [0.25, 0.3) is 0 Å². The second-order valence-corrected chi connectivity index (χ2v) is 8.42. The zero-order valence-corrected chi connectivity index (χ0v) is 19.1. The summed E-state index contributed by atoms with van der Waals surface area (Å²) in [6.07, 6.45) is 4.73. The molecule has 2 amide bonds. The number of carbonyl (C=O) groups excluding carboxylic acids is 2. The number of aromatic nitrogens is 2. The van der Waals surface area contributed by atoms with Crippen LogP contribution in [0.15, 0.2) is 36.7 Å². The van der Waals surface area contributed by atoms with Crippen LogP contribution < -0.4 is 4.74 Å².